The van der Waals surface area contributed by atoms with Crippen molar-refractivity contribution in [3.63, 3.8) is 0 Å². The summed E-state index contributed by atoms with van der Waals surface area (Å²) in [6, 6.07) is 9.89. The van der Waals surface area contributed by atoms with E-state index in [2.05, 4.69) is 4.99 Å². The largest absolute Gasteiger partial charge is 0.494 e. The second kappa shape index (κ2) is 11.8. The molecule has 0 bridgehead atoms. The molecule has 0 N–H and O–H groups in total. The van der Waals surface area contributed by atoms with Crippen LogP contribution < -0.4 is 24.4 Å². The van der Waals surface area contributed by atoms with E-state index in [0.717, 1.165) is 5.56 Å². The smallest absolute Gasteiger partial charge is 0.338 e. The zero-order valence-corrected chi connectivity index (χ0v) is 24.0. The Morgan fingerprint density at radius 3 is 2.50 bits per heavy atom. The first-order chi connectivity index (χ1) is 18.1. The number of aromatic nitrogens is 1. The maximum atomic E-state index is 13.9. The molecule has 0 saturated heterocycles. The van der Waals surface area contributed by atoms with Crippen molar-refractivity contribution in [1.82, 2.24) is 4.57 Å². The van der Waals surface area contributed by atoms with Crippen molar-refractivity contribution in [3.8, 4) is 11.5 Å². The van der Waals surface area contributed by atoms with Gasteiger partial charge in [-0.2, -0.15) is 0 Å². The summed E-state index contributed by atoms with van der Waals surface area (Å²) in [4.78, 5) is 32.0. The number of allylic oxidation sites excluding steroid dienone is 1. The highest BCUT2D eigenvalue weighted by Crippen LogP contribution is 2.34. The van der Waals surface area contributed by atoms with E-state index in [1.54, 1.807) is 32.1 Å². The average Bonchev–Trinajstić information content (AvgIpc) is 3.15. The van der Waals surface area contributed by atoms with Gasteiger partial charge in [0.05, 0.1) is 46.2 Å². The molecule has 38 heavy (non-hydrogen) atoms. The standard InChI is InChI=1S/C28H28Cl2N2O5S/c1-6-35-20-10-8-17(9-11-20)24-23(27(34)36-7-2)16(5)31-28-32(24)26(33)22(38-28)13-18-12-19(29)14-21(30)25(18)37-15(3)4/h8-15,24H,6-7H2,1-5H3/b22-13-/t24-/m0/s1. The second-order valence-corrected chi connectivity index (χ2v) is 10.6. The van der Waals surface area contributed by atoms with Gasteiger partial charge in [-0.05, 0) is 70.5 Å². The van der Waals surface area contributed by atoms with Crippen molar-refractivity contribution in [3.05, 3.63) is 88.5 Å². The van der Waals surface area contributed by atoms with Crippen LogP contribution in [0.2, 0.25) is 10.0 Å². The molecule has 0 radical (unpaired) electrons. The number of hydrogen-bond donors (Lipinski definition) is 0. The predicted molar refractivity (Wildman–Crippen MR) is 150 cm³/mol. The molecule has 0 saturated carbocycles. The van der Waals surface area contributed by atoms with Gasteiger partial charge in [-0.15, -0.1) is 0 Å². The Morgan fingerprint density at radius 1 is 1.16 bits per heavy atom. The van der Waals surface area contributed by atoms with Crippen LogP contribution in [0.3, 0.4) is 0 Å². The molecular weight excluding hydrogens is 547 g/mol. The van der Waals surface area contributed by atoms with E-state index in [4.69, 9.17) is 37.4 Å². The Labute approximate surface area is 234 Å². The number of ether oxygens (including phenoxy) is 3. The van der Waals surface area contributed by atoms with Crippen LogP contribution in [0.1, 0.15) is 51.8 Å². The van der Waals surface area contributed by atoms with Crippen LogP contribution in [-0.2, 0) is 9.53 Å². The minimum Gasteiger partial charge on any atom is -0.494 e. The number of carbonyl (C=O) groups is 1. The van der Waals surface area contributed by atoms with Crippen LogP contribution in [0, 0.1) is 0 Å². The fourth-order valence-corrected chi connectivity index (χ4v) is 5.80. The van der Waals surface area contributed by atoms with Gasteiger partial charge in [0, 0.05) is 10.6 Å². The Bertz CT molecular complexity index is 1570. The fourth-order valence-electron chi connectivity index (χ4n) is 4.21. The highest BCUT2D eigenvalue weighted by molar-refractivity contribution is 7.07. The van der Waals surface area contributed by atoms with Crippen molar-refractivity contribution < 1.29 is 19.0 Å². The SMILES string of the molecule is CCOC(=O)C1=C(C)N=c2s/c(=C\c3cc(Cl)cc(Cl)c3OC(C)C)c(=O)n2[C@H]1c1ccc(OCC)cc1. The molecule has 2 heterocycles. The lowest BCUT2D eigenvalue weighted by atomic mass is 9.96. The Balaban J connectivity index is 1.94. The lowest BCUT2D eigenvalue weighted by molar-refractivity contribution is -0.139. The highest BCUT2D eigenvalue weighted by Gasteiger charge is 2.33. The minimum absolute atomic E-state index is 0.142. The van der Waals surface area contributed by atoms with Crippen molar-refractivity contribution in [2.75, 3.05) is 13.2 Å². The van der Waals surface area contributed by atoms with Gasteiger partial charge in [-0.1, -0.05) is 46.7 Å². The molecule has 0 aliphatic carbocycles. The van der Waals surface area contributed by atoms with Gasteiger partial charge >= 0.3 is 5.97 Å². The summed E-state index contributed by atoms with van der Waals surface area (Å²) < 4.78 is 18.8. The number of carbonyl (C=O) groups excluding carboxylic acids is 1. The molecule has 1 atom stereocenters. The molecule has 7 nitrogen and oxygen atoms in total. The zero-order valence-electron chi connectivity index (χ0n) is 21.7. The Morgan fingerprint density at radius 2 is 1.87 bits per heavy atom. The molecule has 200 valence electrons. The molecule has 4 rings (SSSR count). The maximum absolute atomic E-state index is 13.9. The van der Waals surface area contributed by atoms with Gasteiger partial charge < -0.3 is 14.2 Å². The third-order valence-electron chi connectivity index (χ3n) is 5.70. The molecule has 0 unspecified atom stereocenters. The van der Waals surface area contributed by atoms with E-state index < -0.39 is 12.0 Å². The van der Waals surface area contributed by atoms with Gasteiger partial charge in [0.15, 0.2) is 4.80 Å². The van der Waals surface area contributed by atoms with Crippen LogP contribution in [0.15, 0.2) is 57.5 Å². The lowest BCUT2D eigenvalue weighted by Gasteiger charge is -2.24. The van der Waals surface area contributed by atoms with E-state index in [0.29, 0.717) is 54.3 Å². The first-order valence-electron chi connectivity index (χ1n) is 12.2. The van der Waals surface area contributed by atoms with Gasteiger partial charge in [-0.25, -0.2) is 9.79 Å². The number of fused-ring (bicyclic) bond motifs is 1. The topological polar surface area (TPSA) is 79.1 Å². The zero-order chi connectivity index (χ0) is 27.6. The first kappa shape index (κ1) is 28.0. The van der Waals surface area contributed by atoms with Crippen LogP contribution >= 0.6 is 34.5 Å². The van der Waals surface area contributed by atoms with Crippen LogP contribution in [-0.4, -0.2) is 29.9 Å². The molecule has 3 aromatic rings. The summed E-state index contributed by atoms with van der Waals surface area (Å²) in [5.41, 5.74) is 1.79. The maximum Gasteiger partial charge on any atom is 0.338 e. The fraction of sp³-hybridized carbons (Fsp3) is 0.321. The van der Waals surface area contributed by atoms with Crippen molar-refractivity contribution in [1.29, 1.82) is 0 Å². The molecule has 10 heteroatoms. The van der Waals surface area contributed by atoms with Crippen LogP contribution in [0.4, 0.5) is 0 Å². The Kier molecular flexibility index (Phi) is 8.65. The van der Waals surface area contributed by atoms with E-state index >= 15 is 0 Å². The molecule has 0 spiro atoms. The number of thiazole rings is 1. The van der Waals surface area contributed by atoms with Crippen LogP contribution in [0.25, 0.3) is 6.08 Å². The average molecular weight is 576 g/mol. The van der Waals surface area contributed by atoms with E-state index in [1.807, 2.05) is 45.0 Å². The number of benzene rings is 2. The van der Waals surface area contributed by atoms with Crippen molar-refractivity contribution in [2.45, 2.75) is 46.8 Å². The highest BCUT2D eigenvalue weighted by atomic mass is 35.5. The molecular formula is C28H28Cl2N2O5S. The number of nitrogens with zero attached hydrogens (tertiary/aromatic N) is 2. The van der Waals surface area contributed by atoms with Gasteiger partial charge in [0.1, 0.15) is 11.5 Å². The third kappa shape index (κ3) is 5.67. The van der Waals surface area contributed by atoms with Gasteiger partial charge in [-0.3, -0.25) is 9.36 Å². The van der Waals surface area contributed by atoms with Crippen molar-refractivity contribution in [2.24, 2.45) is 4.99 Å². The van der Waals surface area contributed by atoms with E-state index in [-0.39, 0.29) is 18.3 Å². The molecule has 1 aliphatic heterocycles. The Hall–Kier alpha value is -3.07. The number of rotatable bonds is 8. The van der Waals surface area contributed by atoms with Gasteiger partial charge in [0.2, 0.25) is 0 Å². The summed E-state index contributed by atoms with van der Waals surface area (Å²) in [5.74, 6) is 0.608. The summed E-state index contributed by atoms with van der Waals surface area (Å²) >= 11 is 13.9. The number of esters is 1. The van der Waals surface area contributed by atoms with E-state index in [1.165, 1.54) is 15.9 Å². The van der Waals surface area contributed by atoms with Crippen LogP contribution in [0.5, 0.6) is 11.5 Å². The third-order valence-corrected chi connectivity index (χ3v) is 7.18. The summed E-state index contributed by atoms with van der Waals surface area (Å²) in [5, 5.41) is 0.760. The number of halogens is 2. The summed E-state index contributed by atoms with van der Waals surface area (Å²) in [6.07, 6.45) is 1.55. The van der Waals surface area contributed by atoms with Gasteiger partial charge in [0.25, 0.3) is 5.56 Å². The lowest BCUT2D eigenvalue weighted by Crippen LogP contribution is -2.39. The predicted octanol–water partition coefficient (Wildman–Crippen LogP) is 5.29. The molecule has 2 aromatic carbocycles. The summed E-state index contributed by atoms with van der Waals surface area (Å²) in [7, 11) is 0. The molecule has 0 amide bonds. The quantitative estimate of drug-likeness (QED) is 0.341. The number of hydrogen-bond acceptors (Lipinski definition) is 7. The van der Waals surface area contributed by atoms with E-state index in [9.17, 15) is 9.59 Å². The second-order valence-electron chi connectivity index (χ2n) is 8.78. The molecule has 1 aromatic heterocycles. The molecule has 0 fully saturated rings. The normalized spacial score (nSPS) is 15.4. The summed E-state index contributed by atoms with van der Waals surface area (Å²) in [6.45, 7) is 9.89. The molecule has 1 aliphatic rings. The monoisotopic (exact) mass is 574 g/mol. The minimum atomic E-state index is -0.725. The van der Waals surface area contributed by atoms with Crippen molar-refractivity contribution >= 4 is 46.6 Å². The first-order valence-corrected chi connectivity index (χ1v) is 13.8.